The normalized spacial score (nSPS) is 11.5. The van der Waals surface area contributed by atoms with E-state index in [1.807, 2.05) is 41.3 Å². The lowest BCUT2D eigenvalue weighted by molar-refractivity contribution is 0.0746. The predicted molar refractivity (Wildman–Crippen MR) is 211 cm³/mol. The number of nitrogens with zero attached hydrogens (tertiary/aromatic N) is 1. The maximum Gasteiger partial charge on any atom is 0.257 e. The predicted octanol–water partition coefficient (Wildman–Crippen LogP) is 14.7. The average molecular weight is 664 g/mol. The van der Waals surface area contributed by atoms with Crippen LogP contribution in [0, 0.1) is 0 Å². The van der Waals surface area contributed by atoms with Gasteiger partial charge in [-0.2, -0.15) is 0 Å². The van der Waals surface area contributed by atoms with E-state index in [1.165, 1.54) is 180 Å². The maximum absolute atomic E-state index is 13.7. The Labute approximate surface area is 298 Å². The number of hydrogen-bond acceptors (Lipinski definition) is 2. The van der Waals surface area contributed by atoms with Crippen LogP contribution in [0.3, 0.4) is 0 Å². The highest BCUT2D eigenvalue weighted by Gasteiger charge is 2.20. The summed E-state index contributed by atoms with van der Waals surface area (Å²) in [5, 5.41) is 12.8. The molecule has 274 valence electrons. The lowest BCUT2D eigenvalue weighted by atomic mass is 10.0. The Kier molecular flexibility index (Phi) is 26.2. The Morgan fingerprint density at radius 3 is 1.17 bits per heavy atom. The van der Waals surface area contributed by atoms with Gasteiger partial charge in [0.2, 0.25) is 0 Å². The third-order valence-corrected chi connectivity index (χ3v) is 10.5. The fourth-order valence-electron chi connectivity index (χ4n) is 7.26. The van der Waals surface area contributed by atoms with Crippen molar-refractivity contribution < 1.29 is 9.90 Å². The van der Waals surface area contributed by atoms with Gasteiger partial charge in [-0.3, -0.25) is 4.79 Å². The van der Waals surface area contributed by atoms with Crippen molar-refractivity contribution in [3.63, 3.8) is 0 Å². The Bertz CT molecular complexity index is 999. The second kappa shape index (κ2) is 29.8. The van der Waals surface area contributed by atoms with Crippen molar-refractivity contribution in [1.29, 1.82) is 0 Å². The monoisotopic (exact) mass is 664 g/mol. The van der Waals surface area contributed by atoms with Gasteiger partial charge in [0, 0.05) is 18.5 Å². The van der Waals surface area contributed by atoms with Crippen LogP contribution in [0.15, 0.2) is 36.4 Å². The second-order valence-corrected chi connectivity index (χ2v) is 14.9. The summed E-state index contributed by atoms with van der Waals surface area (Å²) >= 11 is 0. The number of phenolic OH excluding ortho intramolecular Hbond substituents is 1. The zero-order valence-electron chi connectivity index (χ0n) is 31.9. The molecule has 48 heavy (non-hydrogen) atoms. The molecule has 0 saturated carbocycles. The van der Waals surface area contributed by atoms with Crippen molar-refractivity contribution in [1.82, 2.24) is 4.90 Å². The molecule has 0 bridgehead atoms. The van der Waals surface area contributed by atoms with Gasteiger partial charge in [0.05, 0.1) is 5.56 Å². The van der Waals surface area contributed by atoms with Crippen molar-refractivity contribution in [2.75, 3.05) is 13.1 Å². The molecule has 2 aromatic carbocycles. The second-order valence-electron chi connectivity index (χ2n) is 14.9. The molecular formula is C45H77NO2. The molecule has 3 heteroatoms. The van der Waals surface area contributed by atoms with E-state index in [2.05, 4.69) is 13.8 Å². The van der Waals surface area contributed by atoms with E-state index in [0.29, 0.717) is 5.56 Å². The van der Waals surface area contributed by atoms with Gasteiger partial charge in [0.1, 0.15) is 5.75 Å². The largest absolute Gasteiger partial charge is 0.506 e. The zero-order valence-corrected chi connectivity index (χ0v) is 31.9. The Balaban J connectivity index is 1.64. The van der Waals surface area contributed by atoms with Crippen LogP contribution < -0.4 is 0 Å². The average Bonchev–Trinajstić information content (AvgIpc) is 3.10. The number of fused-ring (bicyclic) bond motifs is 1. The number of benzene rings is 2. The van der Waals surface area contributed by atoms with Gasteiger partial charge in [0.25, 0.3) is 5.91 Å². The first kappa shape index (κ1) is 42.1. The summed E-state index contributed by atoms with van der Waals surface area (Å²) < 4.78 is 0. The number of hydrogen-bond donors (Lipinski definition) is 1. The van der Waals surface area contributed by atoms with E-state index in [9.17, 15) is 9.90 Å². The van der Waals surface area contributed by atoms with Gasteiger partial charge in [-0.15, -0.1) is 0 Å². The Morgan fingerprint density at radius 2 is 0.792 bits per heavy atom. The van der Waals surface area contributed by atoms with Crippen molar-refractivity contribution in [2.45, 2.75) is 206 Å². The molecular weight excluding hydrogens is 587 g/mol. The number of phenols is 1. The Morgan fingerprint density at radius 1 is 0.458 bits per heavy atom. The molecule has 0 unspecified atom stereocenters. The van der Waals surface area contributed by atoms with E-state index >= 15 is 0 Å². The van der Waals surface area contributed by atoms with Gasteiger partial charge in [-0.25, -0.2) is 0 Å². The van der Waals surface area contributed by atoms with E-state index < -0.39 is 0 Å². The van der Waals surface area contributed by atoms with Gasteiger partial charge in [0.15, 0.2) is 0 Å². The quantitative estimate of drug-likeness (QED) is 0.0772. The highest BCUT2D eigenvalue weighted by Crippen LogP contribution is 2.30. The smallest absolute Gasteiger partial charge is 0.257 e. The van der Waals surface area contributed by atoms with E-state index in [4.69, 9.17) is 0 Å². The van der Waals surface area contributed by atoms with Crippen molar-refractivity contribution in [3.8, 4) is 5.75 Å². The number of carbonyl (C=O) groups is 1. The lowest BCUT2D eigenvalue weighted by Gasteiger charge is -2.24. The maximum atomic E-state index is 13.7. The summed E-state index contributed by atoms with van der Waals surface area (Å²) in [6.07, 6.45) is 40.4. The molecule has 0 saturated heterocycles. The molecule has 0 aromatic heterocycles. The van der Waals surface area contributed by atoms with Crippen LogP contribution in [0.25, 0.3) is 10.8 Å². The molecule has 1 N–H and O–H groups in total. The first-order chi connectivity index (χ1) is 23.7. The fraction of sp³-hybridized carbons (Fsp3) is 0.756. The van der Waals surface area contributed by atoms with Crippen LogP contribution >= 0.6 is 0 Å². The highest BCUT2D eigenvalue weighted by molar-refractivity contribution is 6.03. The first-order valence-electron chi connectivity index (χ1n) is 21.2. The van der Waals surface area contributed by atoms with E-state index in [-0.39, 0.29) is 11.7 Å². The van der Waals surface area contributed by atoms with Gasteiger partial charge in [-0.05, 0) is 24.3 Å². The molecule has 0 aliphatic carbocycles. The Hall–Kier alpha value is -2.03. The van der Waals surface area contributed by atoms with Crippen LogP contribution in [0.4, 0.5) is 0 Å². The first-order valence-corrected chi connectivity index (χ1v) is 21.2. The third-order valence-electron chi connectivity index (χ3n) is 10.5. The molecule has 0 aliphatic rings. The molecule has 0 aliphatic heterocycles. The molecule has 0 atom stereocenters. The van der Waals surface area contributed by atoms with Crippen LogP contribution in [-0.2, 0) is 0 Å². The molecule has 0 fully saturated rings. The van der Waals surface area contributed by atoms with Crippen molar-refractivity contribution in [2.24, 2.45) is 0 Å². The van der Waals surface area contributed by atoms with Crippen molar-refractivity contribution in [3.05, 3.63) is 42.0 Å². The minimum absolute atomic E-state index is 0.00557. The molecule has 0 spiro atoms. The fourth-order valence-corrected chi connectivity index (χ4v) is 7.26. The third kappa shape index (κ3) is 19.8. The highest BCUT2D eigenvalue weighted by atomic mass is 16.3. The van der Waals surface area contributed by atoms with Gasteiger partial charge < -0.3 is 10.0 Å². The summed E-state index contributed by atoms with van der Waals surface area (Å²) in [4.78, 5) is 15.8. The standard InChI is InChI=1S/C45H77NO2/c1-3-5-7-9-11-13-15-17-19-21-23-25-27-29-33-39-46(45(48)43-38-37-41-35-31-32-36-42(41)44(43)47)40-34-30-28-26-24-22-20-18-16-14-12-10-8-6-4-2/h31-32,35-38,47H,3-30,33-34,39-40H2,1-2H3. The van der Waals surface area contributed by atoms with Crippen LogP contribution in [0.1, 0.15) is 217 Å². The summed E-state index contributed by atoms with van der Waals surface area (Å²) in [6, 6.07) is 11.6. The van der Waals surface area contributed by atoms with Crippen LogP contribution in [-0.4, -0.2) is 29.0 Å². The summed E-state index contributed by atoms with van der Waals surface area (Å²) in [5.74, 6) is 0.130. The van der Waals surface area contributed by atoms with Gasteiger partial charge >= 0.3 is 0 Å². The minimum Gasteiger partial charge on any atom is -0.506 e. The van der Waals surface area contributed by atoms with Crippen LogP contribution in [0.2, 0.25) is 0 Å². The van der Waals surface area contributed by atoms with Gasteiger partial charge in [-0.1, -0.05) is 224 Å². The molecule has 0 radical (unpaired) electrons. The number of amides is 1. The zero-order chi connectivity index (χ0) is 34.3. The SMILES string of the molecule is CCCCCCCCCCCCCCCCCN(CCCCCCCCCCCCCCCCC)C(=O)c1ccc2ccccc2c1O. The molecule has 0 heterocycles. The van der Waals surface area contributed by atoms with Crippen LogP contribution in [0.5, 0.6) is 5.75 Å². The van der Waals surface area contributed by atoms with E-state index in [0.717, 1.165) is 36.7 Å². The number of aromatic hydroxyl groups is 1. The number of unbranched alkanes of at least 4 members (excludes halogenated alkanes) is 28. The number of rotatable bonds is 33. The molecule has 2 aromatic rings. The topological polar surface area (TPSA) is 40.5 Å². The molecule has 3 nitrogen and oxygen atoms in total. The minimum atomic E-state index is -0.00557. The van der Waals surface area contributed by atoms with E-state index in [1.54, 1.807) is 0 Å². The lowest BCUT2D eigenvalue weighted by Crippen LogP contribution is -2.33. The summed E-state index contributed by atoms with van der Waals surface area (Å²) in [6.45, 7) is 6.17. The summed E-state index contributed by atoms with van der Waals surface area (Å²) in [7, 11) is 0. The molecule has 2 rings (SSSR count). The van der Waals surface area contributed by atoms with Crippen molar-refractivity contribution >= 4 is 16.7 Å². The summed E-state index contributed by atoms with van der Waals surface area (Å²) in [5.41, 5.74) is 0.454. The number of carbonyl (C=O) groups excluding carboxylic acids is 1. The molecule has 1 amide bonds.